The summed E-state index contributed by atoms with van der Waals surface area (Å²) in [4.78, 5) is 0. The zero-order chi connectivity index (χ0) is 12.3. The van der Waals surface area contributed by atoms with Crippen LogP contribution in [-0.4, -0.2) is 6.54 Å². The first-order valence-electron chi connectivity index (χ1n) is 6.60. The van der Waals surface area contributed by atoms with E-state index in [1.807, 2.05) is 0 Å². The van der Waals surface area contributed by atoms with Gasteiger partial charge in [0, 0.05) is 5.70 Å². The minimum atomic E-state index is 0.229. The molecule has 0 heterocycles. The van der Waals surface area contributed by atoms with Gasteiger partial charge in [-0.1, -0.05) is 40.2 Å². The summed E-state index contributed by atoms with van der Waals surface area (Å²) in [6.45, 7) is 9.95. The van der Waals surface area contributed by atoms with Crippen LogP contribution in [0.25, 0.3) is 0 Å². The maximum atomic E-state index is 6.07. The molecule has 16 heavy (non-hydrogen) atoms. The van der Waals surface area contributed by atoms with Crippen LogP contribution in [0, 0.1) is 23.2 Å². The number of allylic oxidation sites excluding steroid dienone is 2. The zero-order valence-electron chi connectivity index (χ0n) is 11.3. The van der Waals surface area contributed by atoms with Gasteiger partial charge < -0.3 is 11.5 Å². The van der Waals surface area contributed by atoms with Crippen molar-refractivity contribution < 1.29 is 0 Å². The average Bonchev–Trinajstić information content (AvgIpc) is 2.20. The normalized spacial score (nSPS) is 30.9. The van der Waals surface area contributed by atoms with Crippen LogP contribution in [0.4, 0.5) is 0 Å². The molecular weight excluding hydrogens is 196 g/mol. The quantitative estimate of drug-likeness (QED) is 0.771. The molecule has 2 heteroatoms. The molecule has 3 atom stereocenters. The number of hydrogen-bond acceptors (Lipinski definition) is 2. The Morgan fingerprint density at radius 1 is 1.50 bits per heavy atom. The zero-order valence-corrected chi connectivity index (χ0v) is 11.3. The van der Waals surface area contributed by atoms with E-state index in [2.05, 4.69) is 33.8 Å². The predicted molar refractivity (Wildman–Crippen MR) is 70.8 cm³/mol. The minimum absolute atomic E-state index is 0.229. The molecule has 1 aliphatic rings. The Hall–Kier alpha value is -0.500. The second-order valence-corrected chi connectivity index (χ2v) is 5.95. The molecule has 1 rings (SSSR count). The van der Waals surface area contributed by atoms with E-state index in [4.69, 9.17) is 11.5 Å². The summed E-state index contributed by atoms with van der Waals surface area (Å²) in [5.74, 6) is 2.00. The van der Waals surface area contributed by atoms with Crippen LogP contribution >= 0.6 is 0 Å². The topological polar surface area (TPSA) is 52.0 Å². The van der Waals surface area contributed by atoms with E-state index in [0.29, 0.717) is 5.92 Å². The first-order valence-corrected chi connectivity index (χ1v) is 6.60. The van der Waals surface area contributed by atoms with E-state index in [0.717, 1.165) is 30.5 Å². The van der Waals surface area contributed by atoms with E-state index >= 15 is 0 Å². The minimum Gasteiger partial charge on any atom is -0.402 e. The molecule has 0 aromatic heterocycles. The van der Waals surface area contributed by atoms with E-state index in [9.17, 15) is 0 Å². The highest BCUT2D eigenvalue weighted by Crippen LogP contribution is 2.45. The Labute approximate surface area is 100 Å². The lowest BCUT2D eigenvalue weighted by atomic mass is 9.63. The van der Waals surface area contributed by atoms with Gasteiger partial charge in [-0.3, -0.25) is 0 Å². The monoisotopic (exact) mass is 224 g/mol. The van der Waals surface area contributed by atoms with E-state index in [-0.39, 0.29) is 5.41 Å². The molecule has 0 saturated carbocycles. The third kappa shape index (κ3) is 2.79. The molecule has 0 aliphatic heterocycles. The molecule has 0 fully saturated rings. The van der Waals surface area contributed by atoms with Gasteiger partial charge in [-0.15, -0.1) is 0 Å². The maximum Gasteiger partial charge on any atom is 0.00743 e. The smallest absolute Gasteiger partial charge is 0.00743 e. The highest BCUT2D eigenvalue weighted by Gasteiger charge is 2.37. The van der Waals surface area contributed by atoms with Crippen LogP contribution in [-0.2, 0) is 0 Å². The van der Waals surface area contributed by atoms with Gasteiger partial charge in [0.15, 0.2) is 0 Å². The van der Waals surface area contributed by atoms with Crippen molar-refractivity contribution in [2.24, 2.45) is 34.6 Å². The Balaban J connectivity index is 2.87. The van der Waals surface area contributed by atoms with E-state index < -0.39 is 0 Å². The summed E-state index contributed by atoms with van der Waals surface area (Å²) in [5.41, 5.74) is 13.1. The van der Waals surface area contributed by atoms with Crippen LogP contribution in [0.2, 0.25) is 0 Å². The second-order valence-electron chi connectivity index (χ2n) is 5.95. The van der Waals surface area contributed by atoms with Crippen molar-refractivity contribution in [1.82, 2.24) is 0 Å². The van der Waals surface area contributed by atoms with E-state index in [1.165, 1.54) is 12.8 Å². The summed E-state index contributed by atoms with van der Waals surface area (Å²) < 4.78 is 0. The van der Waals surface area contributed by atoms with Crippen LogP contribution in [0.5, 0.6) is 0 Å². The van der Waals surface area contributed by atoms with Crippen LogP contribution in [0.1, 0.15) is 47.0 Å². The lowest BCUT2D eigenvalue weighted by molar-refractivity contribution is 0.133. The van der Waals surface area contributed by atoms with Gasteiger partial charge in [0.1, 0.15) is 0 Å². The summed E-state index contributed by atoms with van der Waals surface area (Å²) in [5, 5.41) is 0. The lowest BCUT2D eigenvalue weighted by Gasteiger charge is -2.43. The highest BCUT2D eigenvalue weighted by atomic mass is 14.6. The first kappa shape index (κ1) is 13.6. The van der Waals surface area contributed by atoms with Crippen molar-refractivity contribution in [2.75, 3.05) is 6.54 Å². The Morgan fingerprint density at radius 3 is 2.62 bits per heavy atom. The van der Waals surface area contributed by atoms with Gasteiger partial charge in [-0.05, 0) is 42.6 Å². The fourth-order valence-electron chi connectivity index (χ4n) is 3.20. The maximum absolute atomic E-state index is 6.07. The molecule has 0 saturated heterocycles. The van der Waals surface area contributed by atoms with Crippen molar-refractivity contribution >= 4 is 0 Å². The van der Waals surface area contributed by atoms with Crippen molar-refractivity contribution in [3.63, 3.8) is 0 Å². The molecule has 0 amide bonds. The molecule has 0 bridgehead atoms. The SMILES string of the molecule is CCC(CCN)C1C[C@@H](C)C(N)=CC1(C)C. The van der Waals surface area contributed by atoms with Crippen molar-refractivity contribution in [1.29, 1.82) is 0 Å². The summed E-state index contributed by atoms with van der Waals surface area (Å²) in [6, 6.07) is 0. The van der Waals surface area contributed by atoms with Crippen molar-refractivity contribution in [2.45, 2.75) is 47.0 Å². The van der Waals surface area contributed by atoms with Crippen molar-refractivity contribution in [3.05, 3.63) is 11.8 Å². The predicted octanol–water partition coefficient (Wildman–Crippen LogP) is 2.89. The van der Waals surface area contributed by atoms with Crippen LogP contribution < -0.4 is 11.5 Å². The molecule has 2 unspecified atom stereocenters. The molecule has 0 spiro atoms. The molecule has 2 nitrogen and oxygen atoms in total. The number of nitrogens with two attached hydrogens (primary N) is 2. The Bertz CT molecular complexity index is 255. The molecule has 94 valence electrons. The Morgan fingerprint density at radius 2 is 2.12 bits per heavy atom. The largest absolute Gasteiger partial charge is 0.402 e. The lowest BCUT2D eigenvalue weighted by Crippen LogP contribution is -2.37. The summed E-state index contributed by atoms with van der Waals surface area (Å²) in [6.07, 6.45) is 5.87. The Kier molecular flexibility index (Phi) is 4.43. The van der Waals surface area contributed by atoms with Crippen LogP contribution in [0.15, 0.2) is 11.8 Å². The average molecular weight is 224 g/mol. The molecule has 0 aromatic carbocycles. The molecular formula is C14H28N2. The second kappa shape index (κ2) is 5.22. The summed E-state index contributed by atoms with van der Waals surface area (Å²) >= 11 is 0. The standard InChI is InChI=1S/C14H28N2/c1-5-11(6-7-15)12-8-10(2)13(16)9-14(12,3)4/h9-12H,5-8,15-16H2,1-4H3/t10-,11?,12?/m1/s1. The third-order valence-corrected chi connectivity index (χ3v) is 4.30. The fraction of sp³-hybridized carbons (Fsp3) is 0.857. The van der Waals surface area contributed by atoms with Gasteiger partial charge in [0.25, 0.3) is 0 Å². The van der Waals surface area contributed by atoms with Crippen molar-refractivity contribution in [3.8, 4) is 0 Å². The number of hydrogen-bond donors (Lipinski definition) is 2. The molecule has 0 aromatic rings. The first-order chi connectivity index (χ1) is 7.42. The van der Waals surface area contributed by atoms with Gasteiger partial charge in [-0.25, -0.2) is 0 Å². The highest BCUT2D eigenvalue weighted by molar-refractivity contribution is 5.14. The number of rotatable bonds is 4. The van der Waals surface area contributed by atoms with Gasteiger partial charge in [0.2, 0.25) is 0 Å². The fourth-order valence-corrected chi connectivity index (χ4v) is 3.20. The molecule has 1 aliphatic carbocycles. The summed E-state index contributed by atoms with van der Waals surface area (Å²) in [7, 11) is 0. The van der Waals surface area contributed by atoms with Gasteiger partial charge >= 0.3 is 0 Å². The van der Waals surface area contributed by atoms with Crippen LogP contribution in [0.3, 0.4) is 0 Å². The molecule has 0 radical (unpaired) electrons. The van der Waals surface area contributed by atoms with Gasteiger partial charge in [0.05, 0.1) is 0 Å². The third-order valence-electron chi connectivity index (χ3n) is 4.30. The van der Waals surface area contributed by atoms with Gasteiger partial charge in [-0.2, -0.15) is 0 Å². The molecule has 4 N–H and O–H groups in total. The van der Waals surface area contributed by atoms with E-state index in [1.54, 1.807) is 0 Å².